The summed E-state index contributed by atoms with van der Waals surface area (Å²) in [7, 11) is 0. The molecule has 2 nitrogen and oxygen atoms in total. The summed E-state index contributed by atoms with van der Waals surface area (Å²) in [4.78, 5) is 0. The predicted octanol–water partition coefficient (Wildman–Crippen LogP) is 3.44. The van der Waals surface area contributed by atoms with Crippen LogP contribution in [0.25, 0.3) is 0 Å². The van der Waals surface area contributed by atoms with E-state index in [9.17, 15) is 8.78 Å². The summed E-state index contributed by atoms with van der Waals surface area (Å²) in [6.07, 6.45) is 0. The quantitative estimate of drug-likeness (QED) is 0.877. The summed E-state index contributed by atoms with van der Waals surface area (Å²) in [6, 6.07) is 2.32. The van der Waals surface area contributed by atoms with Crippen molar-refractivity contribution in [1.82, 2.24) is 5.32 Å². The number of hydrogen-bond acceptors (Lipinski definition) is 2. The zero-order valence-electron chi connectivity index (χ0n) is 11.8. The zero-order valence-corrected chi connectivity index (χ0v) is 11.8. The highest BCUT2D eigenvalue weighted by Gasteiger charge is 2.63. The number of phenols is 1. The molecule has 2 N–H and O–H groups in total. The Kier molecular flexibility index (Phi) is 3.33. The van der Waals surface area contributed by atoms with E-state index in [0.717, 1.165) is 18.7 Å². The molecule has 0 amide bonds. The summed E-state index contributed by atoms with van der Waals surface area (Å²) >= 11 is 0. The molecule has 0 radical (unpaired) electrons. The lowest BCUT2D eigenvalue weighted by molar-refractivity contribution is 0.395. The number of phenolic OH excluding ortho intramolecular Hbond substituents is 1. The second-order valence-electron chi connectivity index (χ2n) is 6.53. The first-order chi connectivity index (χ1) is 8.68. The number of aromatic hydroxyl groups is 1. The van der Waals surface area contributed by atoms with E-state index < -0.39 is 17.4 Å². The molecule has 1 aromatic rings. The monoisotopic (exact) mass is 269 g/mol. The van der Waals surface area contributed by atoms with Crippen molar-refractivity contribution in [3.05, 3.63) is 29.3 Å². The van der Waals surface area contributed by atoms with Gasteiger partial charge in [0.15, 0.2) is 17.4 Å². The number of nitrogens with one attached hydrogen (secondary N) is 1. The van der Waals surface area contributed by atoms with Gasteiger partial charge in [-0.05, 0) is 41.0 Å². The molecule has 0 heterocycles. The molecular formula is C15H21F2NO. The third-order valence-corrected chi connectivity index (χ3v) is 5.07. The van der Waals surface area contributed by atoms with Crippen molar-refractivity contribution in [2.75, 3.05) is 6.54 Å². The maximum absolute atomic E-state index is 13.2. The van der Waals surface area contributed by atoms with Gasteiger partial charge >= 0.3 is 0 Å². The van der Waals surface area contributed by atoms with Crippen LogP contribution in [0.4, 0.5) is 8.78 Å². The van der Waals surface area contributed by atoms with E-state index in [2.05, 4.69) is 33.0 Å². The van der Waals surface area contributed by atoms with Crippen molar-refractivity contribution in [1.29, 1.82) is 0 Å². The molecule has 0 aromatic heterocycles. The third kappa shape index (κ3) is 2.34. The fraction of sp³-hybridized carbons (Fsp3) is 0.600. The van der Waals surface area contributed by atoms with Crippen LogP contribution in [-0.4, -0.2) is 11.7 Å². The van der Waals surface area contributed by atoms with Crippen LogP contribution in [0.15, 0.2) is 12.1 Å². The lowest BCUT2D eigenvalue weighted by Gasteiger charge is -2.07. The van der Waals surface area contributed by atoms with E-state index in [-0.39, 0.29) is 0 Å². The highest BCUT2D eigenvalue weighted by atomic mass is 19.1. The number of rotatable bonds is 4. The van der Waals surface area contributed by atoms with Gasteiger partial charge in [0.25, 0.3) is 0 Å². The number of halogens is 2. The normalized spacial score (nSPS) is 20.5. The van der Waals surface area contributed by atoms with Crippen LogP contribution in [0.5, 0.6) is 5.75 Å². The van der Waals surface area contributed by atoms with Crippen LogP contribution in [0.3, 0.4) is 0 Å². The minimum atomic E-state index is -0.913. The molecule has 1 aromatic carbocycles. The van der Waals surface area contributed by atoms with Gasteiger partial charge in [-0.1, -0.05) is 27.7 Å². The maximum atomic E-state index is 13.2. The van der Waals surface area contributed by atoms with Crippen LogP contribution in [0.2, 0.25) is 0 Å². The molecule has 0 spiro atoms. The molecule has 106 valence electrons. The fourth-order valence-electron chi connectivity index (χ4n) is 2.92. The Balaban J connectivity index is 1.91. The molecule has 0 unspecified atom stereocenters. The topological polar surface area (TPSA) is 32.3 Å². The molecule has 4 heteroatoms. The Morgan fingerprint density at radius 3 is 2.00 bits per heavy atom. The first-order valence-electron chi connectivity index (χ1n) is 6.55. The first-order valence-corrected chi connectivity index (χ1v) is 6.55. The Morgan fingerprint density at radius 2 is 1.58 bits per heavy atom. The SMILES string of the molecule is CC1(C)C(CNCc2cc(F)c(O)c(F)c2)C1(C)C. The molecule has 1 aliphatic carbocycles. The zero-order chi connectivity index (χ0) is 14.4. The fourth-order valence-corrected chi connectivity index (χ4v) is 2.92. The van der Waals surface area contributed by atoms with Crippen LogP contribution in [-0.2, 0) is 6.54 Å². The summed E-state index contributed by atoms with van der Waals surface area (Å²) < 4.78 is 26.3. The molecule has 0 bridgehead atoms. The van der Waals surface area contributed by atoms with Gasteiger partial charge in [0.2, 0.25) is 0 Å². The molecule has 1 fully saturated rings. The molecule has 0 saturated heterocycles. The van der Waals surface area contributed by atoms with Gasteiger partial charge in [0.1, 0.15) is 0 Å². The molecule has 0 aliphatic heterocycles. The molecule has 1 aliphatic rings. The standard InChI is InChI=1S/C15H21F2NO/c1-14(2)12(15(14,3)4)8-18-7-9-5-10(16)13(19)11(17)6-9/h5-6,12,18-19H,7-8H2,1-4H3. The van der Waals surface area contributed by atoms with E-state index >= 15 is 0 Å². The van der Waals surface area contributed by atoms with Crippen LogP contribution in [0, 0.1) is 28.4 Å². The highest BCUT2D eigenvalue weighted by molar-refractivity contribution is 5.30. The van der Waals surface area contributed by atoms with E-state index in [0.29, 0.717) is 28.9 Å². The third-order valence-electron chi connectivity index (χ3n) is 5.07. The molecule has 2 rings (SSSR count). The average Bonchev–Trinajstić information content (AvgIpc) is 2.68. The van der Waals surface area contributed by atoms with Crippen LogP contribution < -0.4 is 5.32 Å². The summed E-state index contributed by atoms with van der Waals surface area (Å²) in [6.45, 7) is 10.2. The van der Waals surface area contributed by atoms with Gasteiger partial charge in [0, 0.05) is 6.54 Å². The maximum Gasteiger partial charge on any atom is 0.187 e. The smallest absolute Gasteiger partial charge is 0.187 e. The Morgan fingerprint density at radius 1 is 1.11 bits per heavy atom. The lowest BCUT2D eigenvalue weighted by Crippen LogP contribution is -2.19. The van der Waals surface area contributed by atoms with Gasteiger partial charge in [0.05, 0.1) is 0 Å². The predicted molar refractivity (Wildman–Crippen MR) is 70.8 cm³/mol. The Labute approximate surface area is 112 Å². The van der Waals surface area contributed by atoms with Gasteiger partial charge < -0.3 is 10.4 Å². The highest BCUT2D eigenvalue weighted by Crippen LogP contribution is 2.67. The van der Waals surface area contributed by atoms with Crippen LogP contribution >= 0.6 is 0 Å². The van der Waals surface area contributed by atoms with Gasteiger partial charge in [-0.2, -0.15) is 0 Å². The first kappa shape index (κ1) is 14.3. The lowest BCUT2D eigenvalue weighted by atomic mass is 10.0. The summed E-state index contributed by atoms with van der Waals surface area (Å²) in [5.74, 6) is -2.17. The van der Waals surface area contributed by atoms with Crippen molar-refractivity contribution in [3.63, 3.8) is 0 Å². The summed E-state index contributed by atoms with van der Waals surface area (Å²) in [5, 5.41) is 12.3. The van der Waals surface area contributed by atoms with E-state index in [4.69, 9.17) is 5.11 Å². The van der Waals surface area contributed by atoms with E-state index in [1.807, 2.05) is 0 Å². The van der Waals surface area contributed by atoms with Crippen molar-refractivity contribution >= 4 is 0 Å². The molecule has 1 saturated carbocycles. The Bertz CT molecular complexity index is 460. The van der Waals surface area contributed by atoms with Crippen molar-refractivity contribution in [3.8, 4) is 5.75 Å². The second kappa shape index (κ2) is 4.44. The minimum Gasteiger partial charge on any atom is -0.503 e. The molecular weight excluding hydrogens is 248 g/mol. The Hall–Kier alpha value is -1.16. The van der Waals surface area contributed by atoms with Crippen molar-refractivity contribution < 1.29 is 13.9 Å². The van der Waals surface area contributed by atoms with E-state index in [1.165, 1.54) is 0 Å². The number of hydrogen-bond donors (Lipinski definition) is 2. The van der Waals surface area contributed by atoms with Crippen molar-refractivity contribution in [2.24, 2.45) is 16.7 Å². The number of benzene rings is 1. The minimum absolute atomic E-state index is 0.297. The van der Waals surface area contributed by atoms with Gasteiger partial charge in [-0.3, -0.25) is 0 Å². The molecule has 0 atom stereocenters. The van der Waals surface area contributed by atoms with Gasteiger partial charge in [-0.25, -0.2) is 8.78 Å². The van der Waals surface area contributed by atoms with Gasteiger partial charge in [-0.15, -0.1) is 0 Å². The largest absolute Gasteiger partial charge is 0.503 e. The van der Waals surface area contributed by atoms with Crippen LogP contribution in [0.1, 0.15) is 33.3 Å². The van der Waals surface area contributed by atoms with E-state index in [1.54, 1.807) is 0 Å². The summed E-state index contributed by atoms with van der Waals surface area (Å²) in [5.41, 5.74) is 1.10. The molecule has 19 heavy (non-hydrogen) atoms. The average molecular weight is 269 g/mol. The van der Waals surface area contributed by atoms with Crippen molar-refractivity contribution in [2.45, 2.75) is 34.2 Å². The second-order valence-corrected chi connectivity index (χ2v) is 6.53.